The van der Waals surface area contributed by atoms with E-state index in [-0.39, 0.29) is 11.9 Å². The Morgan fingerprint density at radius 1 is 1.35 bits per heavy atom. The molecule has 1 unspecified atom stereocenters. The van der Waals surface area contributed by atoms with Crippen molar-refractivity contribution in [3.05, 3.63) is 16.9 Å². The van der Waals surface area contributed by atoms with Crippen molar-refractivity contribution in [3.63, 3.8) is 0 Å². The van der Waals surface area contributed by atoms with Crippen molar-refractivity contribution in [1.82, 2.24) is 15.1 Å². The lowest BCUT2D eigenvalue weighted by Crippen LogP contribution is -2.56. The van der Waals surface area contributed by atoms with E-state index in [2.05, 4.69) is 17.3 Å². The zero-order valence-corrected chi connectivity index (χ0v) is 14.8. The Labute approximate surface area is 143 Å². The molecule has 5 heteroatoms. The summed E-state index contributed by atoms with van der Waals surface area (Å²) in [6.07, 6.45) is 9.72. The van der Waals surface area contributed by atoms with Crippen LogP contribution in [0.25, 0.3) is 0 Å². The monoisotopic (exact) mass is 335 g/mol. The third kappa shape index (κ3) is 2.50. The molecule has 1 aromatic heterocycles. The Morgan fingerprint density at radius 3 is 2.43 bits per heavy atom. The van der Waals surface area contributed by atoms with E-state index in [4.69, 9.17) is 11.6 Å². The molecule has 1 amide bonds. The first-order valence-corrected chi connectivity index (χ1v) is 9.40. The molecule has 126 valence electrons. The molecule has 4 saturated carbocycles. The first-order chi connectivity index (χ1) is 11.0. The second-order valence-corrected chi connectivity index (χ2v) is 8.54. The number of rotatable bonds is 4. The van der Waals surface area contributed by atoms with Gasteiger partial charge in [0, 0.05) is 12.6 Å². The Bertz CT molecular complexity index is 588. The number of halogens is 1. The normalized spacial score (nSPS) is 36.2. The van der Waals surface area contributed by atoms with Gasteiger partial charge in [0.1, 0.15) is 5.69 Å². The second-order valence-electron chi connectivity index (χ2n) is 8.13. The van der Waals surface area contributed by atoms with Crippen molar-refractivity contribution >= 4 is 17.5 Å². The fraction of sp³-hybridized carbons (Fsp3) is 0.778. The Hall–Kier alpha value is -1.03. The van der Waals surface area contributed by atoms with Gasteiger partial charge in [-0.05, 0) is 75.5 Å². The van der Waals surface area contributed by atoms with Crippen molar-refractivity contribution in [2.45, 2.75) is 65.0 Å². The lowest BCUT2D eigenvalue weighted by molar-refractivity contribution is -0.0688. The number of hydrogen-bond acceptors (Lipinski definition) is 2. The van der Waals surface area contributed by atoms with Crippen LogP contribution in [0.4, 0.5) is 0 Å². The van der Waals surface area contributed by atoms with Gasteiger partial charge in [0.2, 0.25) is 0 Å². The molecule has 4 aliphatic carbocycles. The molecule has 1 N–H and O–H groups in total. The molecule has 23 heavy (non-hydrogen) atoms. The van der Waals surface area contributed by atoms with Crippen LogP contribution in [0.2, 0.25) is 5.02 Å². The van der Waals surface area contributed by atoms with E-state index in [1.165, 1.54) is 38.5 Å². The lowest BCUT2D eigenvalue weighted by atomic mass is 9.48. The Kier molecular flexibility index (Phi) is 3.71. The summed E-state index contributed by atoms with van der Waals surface area (Å²) in [7, 11) is 0. The average molecular weight is 336 g/mol. The summed E-state index contributed by atoms with van der Waals surface area (Å²) >= 11 is 6.18. The molecule has 5 rings (SSSR count). The smallest absolute Gasteiger partial charge is 0.271 e. The number of amides is 1. The van der Waals surface area contributed by atoms with Crippen LogP contribution in [0.3, 0.4) is 0 Å². The lowest BCUT2D eigenvalue weighted by Gasteiger charge is -2.59. The summed E-state index contributed by atoms with van der Waals surface area (Å²) < 4.78 is 1.68. The standard InChI is InChI=1S/C18H26ClN3O/c1-3-22-16(15(19)10-20-22)17(23)21-11(2)18-7-12-4-13(8-18)6-14(5-12)9-18/h10-14H,3-9H2,1-2H3,(H,21,23). The van der Waals surface area contributed by atoms with Crippen LogP contribution in [0, 0.1) is 23.2 Å². The predicted molar refractivity (Wildman–Crippen MR) is 90.4 cm³/mol. The highest BCUT2D eigenvalue weighted by molar-refractivity contribution is 6.33. The van der Waals surface area contributed by atoms with E-state index < -0.39 is 0 Å². The molecule has 0 aromatic carbocycles. The van der Waals surface area contributed by atoms with Crippen molar-refractivity contribution in [2.24, 2.45) is 23.2 Å². The fourth-order valence-corrected chi connectivity index (χ4v) is 6.18. The Balaban J connectivity index is 1.52. The minimum Gasteiger partial charge on any atom is -0.348 e. The van der Waals surface area contributed by atoms with Gasteiger partial charge in [-0.2, -0.15) is 5.10 Å². The maximum absolute atomic E-state index is 12.8. The highest BCUT2D eigenvalue weighted by atomic mass is 35.5. The number of nitrogens with zero attached hydrogens (tertiary/aromatic N) is 2. The van der Waals surface area contributed by atoms with Gasteiger partial charge in [0.15, 0.2) is 0 Å². The van der Waals surface area contributed by atoms with E-state index in [9.17, 15) is 4.79 Å². The van der Waals surface area contributed by atoms with E-state index in [1.807, 2.05) is 6.92 Å². The van der Waals surface area contributed by atoms with Crippen LogP contribution < -0.4 is 5.32 Å². The maximum Gasteiger partial charge on any atom is 0.271 e. The molecule has 4 nitrogen and oxygen atoms in total. The summed E-state index contributed by atoms with van der Waals surface area (Å²) in [4.78, 5) is 12.8. The van der Waals surface area contributed by atoms with Gasteiger partial charge < -0.3 is 5.32 Å². The summed E-state index contributed by atoms with van der Waals surface area (Å²) in [6, 6.07) is 0.208. The molecule has 4 fully saturated rings. The van der Waals surface area contributed by atoms with Crippen LogP contribution in [0.15, 0.2) is 6.20 Å². The van der Waals surface area contributed by atoms with Crippen LogP contribution in [0.1, 0.15) is 62.9 Å². The van der Waals surface area contributed by atoms with Crippen molar-refractivity contribution < 1.29 is 4.79 Å². The van der Waals surface area contributed by atoms with Crippen molar-refractivity contribution in [1.29, 1.82) is 0 Å². The molecule has 1 aromatic rings. The van der Waals surface area contributed by atoms with Gasteiger partial charge in [0.05, 0.1) is 11.2 Å². The third-order valence-electron chi connectivity index (χ3n) is 6.66. The molecular weight excluding hydrogens is 310 g/mol. The minimum atomic E-state index is -0.0717. The molecule has 0 saturated heterocycles. The van der Waals surface area contributed by atoms with E-state index in [1.54, 1.807) is 10.9 Å². The zero-order chi connectivity index (χ0) is 16.2. The molecule has 4 aliphatic rings. The second kappa shape index (κ2) is 5.51. The Morgan fingerprint density at radius 2 is 1.91 bits per heavy atom. The predicted octanol–water partition coefficient (Wildman–Crippen LogP) is 3.89. The van der Waals surface area contributed by atoms with E-state index >= 15 is 0 Å². The van der Waals surface area contributed by atoms with Crippen molar-refractivity contribution in [3.8, 4) is 0 Å². The summed E-state index contributed by atoms with van der Waals surface area (Å²) in [5, 5.41) is 7.90. The van der Waals surface area contributed by atoms with Crippen LogP contribution in [-0.2, 0) is 6.54 Å². The molecular formula is C18H26ClN3O. The number of carbonyl (C=O) groups is 1. The SMILES string of the molecule is CCn1ncc(Cl)c1C(=O)NC(C)C12CC3CC(CC(C3)C1)C2. The number of aryl methyl sites for hydroxylation is 1. The highest BCUT2D eigenvalue weighted by Gasteiger charge is 2.53. The van der Waals surface area contributed by atoms with Crippen LogP contribution in [0.5, 0.6) is 0 Å². The molecule has 0 radical (unpaired) electrons. The molecule has 1 heterocycles. The number of carbonyl (C=O) groups excluding carboxylic acids is 1. The van der Waals surface area contributed by atoms with Gasteiger partial charge >= 0.3 is 0 Å². The quantitative estimate of drug-likeness (QED) is 0.907. The topological polar surface area (TPSA) is 46.9 Å². The first kappa shape index (κ1) is 15.5. The third-order valence-corrected chi connectivity index (χ3v) is 6.94. The number of aromatic nitrogens is 2. The van der Waals surface area contributed by atoms with Crippen molar-refractivity contribution in [2.75, 3.05) is 0 Å². The van der Waals surface area contributed by atoms with Gasteiger partial charge in [0.25, 0.3) is 5.91 Å². The average Bonchev–Trinajstić information content (AvgIpc) is 2.86. The van der Waals surface area contributed by atoms with E-state index in [0.29, 0.717) is 22.7 Å². The van der Waals surface area contributed by atoms with E-state index in [0.717, 1.165) is 17.8 Å². The van der Waals surface area contributed by atoms with Gasteiger partial charge in [-0.25, -0.2) is 0 Å². The molecule has 0 spiro atoms. The summed E-state index contributed by atoms with van der Waals surface area (Å²) in [6.45, 7) is 4.83. The first-order valence-electron chi connectivity index (χ1n) is 9.03. The van der Waals surface area contributed by atoms with Gasteiger partial charge in [-0.15, -0.1) is 0 Å². The van der Waals surface area contributed by atoms with Gasteiger partial charge in [-0.1, -0.05) is 11.6 Å². The highest BCUT2D eigenvalue weighted by Crippen LogP contribution is 2.61. The fourth-order valence-electron chi connectivity index (χ4n) is 5.95. The van der Waals surface area contributed by atoms with Gasteiger partial charge in [-0.3, -0.25) is 9.48 Å². The van der Waals surface area contributed by atoms with Crippen LogP contribution in [-0.4, -0.2) is 21.7 Å². The largest absolute Gasteiger partial charge is 0.348 e. The van der Waals surface area contributed by atoms with Crippen LogP contribution >= 0.6 is 11.6 Å². The molecule has 4 bridgehead atoms. The number of hydrogen-bond donors (Lipinski definition) is 1. The summed E-state index contributed by atoms with van der Waals surface area (Å²) in [5.41, 5.74) is 0.819. The molecule has 0 aliphatic heterocycles. The summed E-state index contributed by atoms with van der Waals surface area (Å²) in [5.74, 6) is 2.61. The molecule has 1 atom stereocenters. The maximum atomic E-state index is 12.8. The zero-order valence-electron chi connectivity index (χ0n) is 14.0. The minimum absolute atomic E-state index is 0.0717. The number of nitrogens with one attached hydrogen (secondary N) is 1.